The van der Waals surface area contributed by atoms with Gasteiger partial charge in [0.2, 0.25) is 0 Å². The summed E-state index contributed by atoms with van der Waals surface area (Å²) in [7, 11) is 2.36. The zero-order valence-electron chi connectivity index (χ0n) is 7.22. The second-order valence-corrected chi connectivity index (χ2v) is 5.09. The molecule has 0 heterocycles. The fraction of sp³-hybridized carbons (Fsp3) is 0.714. The van der Waals surface area contributed by atoms with E-state index in [1.54, 1.807) is 21.3 Å². The molecule has 0 aliphatic rings. The first-order valence-electron chi connectivity index (χ1n) is 3.33. The lowest BCUT2D eigenvalue weighted by molar-refractivity contribution is 0.124. The molecule has 11 heavy (non-hydrogen) atoms. The van der Waals surface area contributed by atoms with Gasteiger partial charge in [0.05, 0.1) is 0 Å². The van der Waals surface area contributed by atoms with Crippen molar-refractivity contribution >= 4 is 8.80 Å². The largest absolute Gasteiger partial charge is 0.501 e. The van der Waals surface area contributed by atoms with Gasteiger partial charge in [-0.15, -0.1) is 12.3 Å². The van der Waals surface area contributed by atoms with Crippen LogP contribution in [0.3, 0.4) is 0 Å². The lowest BCUT2D eigenvalue weighted by atomic mass is 10.5. The molecule has 0 bridgehead atoms. The van der Waals surface area contributed by atoms with Gasteiger partial charge in [-0.05, 0) is 0 Å². The van der Waals surface area contributed by atoms with E-state index >= 15 is 0 Å². The molecule has 0 rings (SSSR count). The molecule has 3 nitrogen and oxygen atoms in total. The van der Waals surface area contributed by atoms with Crippen LogP contribution in [0.2, 0.25) is 6.04 Å². The highest BCUT2D eigenvalue weighted by atomic mass is 28.4. The zero-order valence-corrected chi connectivity index (χ0v) is 8.22. The van der Waals surface area contributed by atoms with Crippen molar-refractivity contribution in [3.05, 3.63) is 0 Å². The van der Waals surface area contributed by atoms with E-state index in [4.69, 9.17) is 19.7 Å². The average Bonchev–Trinajstić information content (AvgIpc) is 2.08. The first kappa shape index (κ1) is 10.7. The zero-order chi connectivity index (χ0) is 8.74. The second kappa shape index (κ2) is 5.33. The van der Waals surface area contributed by atoms with Crippen LogP contribution in [-0.2, 0) is 13.3 Å². The summed E-state index contributed by atoms with van der Waals surface area (Å²) < 4.78 is 15.4. The molecule has 0 spiro atoms. The third-order valence-corrected chi connectivity index (χ3v) is 4.24. The number of hydrogen-bond donors (Lipinski definition) is 0. The third-order valence-electron chi connectivity index (χ3n) is 1.51. The van der Waals surface area contributed by atoms with Gasteiger partial charge in [0, 0.05) is 33.8 Å². The lowest BCUT2D eigenvalue weighted by Gasteiger charge is -2.23. The first-order chi connectivity index (χ1) is 5.24. The Labute approximate surface area is 69.0 Å². The van der Waals surface area contributed by atoms with E-state index in [-0.39, 0.29) is 0 Å². The molecule has 0 aliphatic carbocycles. The van der Waals surface area contributed by atoms with Crippen LogP contribution < -0.4 is 0 Å². The number of rotatable bonds is 5. The van der Waals surface area contributed by atoms with Crippen LogP contribution in [0.5, 0.6) is 0 Å². The van der Waals surface area contributed by atoms with Crippen molar-refractivity contribution in [2.24, 2.45) is 0 Å². The molecule has 0 aromatic rings. The van der Waals surface area contributed by atoms with E-state index < -0.39 is 8.80 Å². The van der Waals surface area contributed by atoms with Gasteiger partial charge in [-0.1, -0.05) is 0 Å². The Balaban J connectivity index is 3.96. The highest BCUT2D eigenvalue weighted by molar-refractivity contribution is 6.60. The van der Waals surface area contributed by atoms with Crippen molar-refractivity contribution < 1.29 is 13.3 Å². The highest BCUT2D eigenvalue weighted by Crippen LogP contribution is 2.13. The van der Waals surface area contributed by atoms with Crippen molar-refractivity contribution in [2.75, 3.05) is 21.3 Å². The fourth-order valence-corrected chi connectivity index (χ4v) is 2.34. The summed E-state index contributed by atoms with van der Waals surface area (Å²) in [4.78, 5) is 0. The Bertz CT molecular complexity index is 129. The minimum atomic E-state index is -2.38. The lowest BCUT2D eigenvalue weighted by Crippen LogP contribution is -2.42. The molecule has 0 N–H and O–H groups in total. The standard InChI is InChI=1S/C7H14O3Si/c1-5-6-7-11(8-2,9-3)10-4/h1H,6-7H2,2-4H3. The fourth-order valence-electron chi connectivity index (χ4n) is 0.781. The predicted octanol–water partition coefficient (Wildman–Crippen LogP) is 0.888. The quantitative estimate of drug-likeness (QED) is 0.457. The minimum absolute atomic E-state index is 0.627. The predicted molar refractivity (Wildman–Crippen MR) is 45.0 cm³/mol. The Morgan fingerprint density at radius 3 is 1.91 bits per heavy atom. The highest BCUT2D eigenvalue weighted by Gasteiger charge is 2.36. The molecule has 64 valence electrons. The van der Waals surface area contributed by atoms with E-state index in [0.717, 1.165) is 0 Å². The van der Waals surface area contributed by atoms with Crippen molar-refractivity contribution in [2.45, 2.75) is 12.5 Å². The Morgan fingerprint density at radius 2 is 1.64 bits per heavy atom. The summed E-state index contributed by atoms with van der Waals surface area (Å²) in [6.45, 7) is 0. The maximum absolute atomic E-state index is 5.14. The van der Waals surface area contributed by atoms with Crippen LogP contribution in [-0.4, -0.2) is 30.1 Å². The summed E-state index contributed by atoms with van der Waals surface area (Å²) >= 11 is 0. The normalized spacial score (nSPS) is 11.1. The van der Waals surface area contributed by atoms with Crippen LogP contribution >= 0.6 is 0 Å². The van der Waals surface area contributed by atoms with Crippen molar-refractivity contribution in [3.63, 3.8) is 0 Å². The third kappa shape index (κ3) is 3.04. The number of hydrogen-bond acceptors (Lipinski definition) is 3. The molecule has 0 aromatic heterocycles. The minimum Gasteiger partial charge on any atom is -0.377 e. The Morgan fingerprint density at radius 1 is 1.18 bits per heavy atom. The molecule has 0 fully saturated rings. The Hall–Kier alpha value is -0.343. The molecule has 0 unspecified atom stereocenters. The van der Waals surface area contributed by atoms with Crippen LogP contribution in [0.15, 0.2) is 0 Å². The van der Waals surface area contributed by atoms with Gasteiger partial charge in [0.25, 0.3) is 0 Å². The summed E-state index contributed by atoms with van der Waals surface area (Å²) in [5, 5.41) is 0. The van der Waals surface area contributed by atoms with Gasteiger partial charge >= 0.3 is 8.80 Å². The van der Waals surface area contributed by atoms with Gasteiger partial charge < -0.3 is 13.3 Å². The molecule has 0 aliphatic heterocycles. The van der Waals surface area contributed by atoms with Crippen LogP contribution in [0.1, 0.15) is 6.42 Å². The van der Waals surface area contributed by atoms with Gasteiger partial charge in [0.15, 0.2) is 0 Å². The molecule has 0 saturated heterocycles. The molecule has 0 saturated carbocycles. The van der Waals surface area contributed by atoms with E-state index in [0.29, 0.717) is 12.5 Å². The molecular formula is C7H14O3Si. The van der Waals surface area contributed by atoms with Crippen LogP contribution in [0.25, 0.3) is 0 Å². The molecule has 0 aromatic carbocycles. The van der Waals surface area contributed by atoms with Crippen LogP contribution in [0, 0.1) is 12.3 Å². The molecule has 4 heteroatoms. The van der Waals surface area contributed by atoms with Crippen molar-refractivity contribution in [3.8, 4) is 12.3 Å². The molecule has 0 atom stereocenters. The van der Waals surface area contributed by atoms with E-state index in [1.165, 1.54) is 0 Å². The smallest absolute Gasteiger partial charge is 0.377 e. The van der Waals surface area contributed by atoms with Crippen molar-refractivity contribution in [1.82, 2.24) is 0 Å². The topological polar surface area (TPSA) is 27.7 Å². The summed E-state index contributed by atoms with van der Waals surface area (Å²) in [6.07, 6.45) is 5.73. The Kier molecular flexibility index (Phi) is 5.16. The van der Waals surface area contributed by atoms with E-state index in [1.807, 2.05) is 0 Å². The van der Waals surface area contributed by atoms with Gasteiger partial charge in [0.1, 0.15) is 0 Å². The first-order valence-corrected chi connectivity index (χ1v) is 5.26. The van der Waals surface area contributed by atoms with E-state index in [2.05, 4.69) is 5.92 Å². The molecular weight excluding hydrogens is 160 g/mol. The van der Waals surface area contributed by atoms with Crippen molar-refractivity contribution in [1.29, 1.82) is 0 Å². The number of terminal acetylenes is 1. The summed E-state index contributed by atoms with van der Waals surface area (Å²) in [6, 6.07) is 0.674. The van der Waals surface area contributed by atoms with Crippen LogP contribution in [0.4, 0.5) is 0 Å². The van der Waals surface area contributed by atoms with Gasteiger partial charge in [-0.3, -0.25) is 0 Å². The molecule has 0 amide bonds. The van der Waals surface area contributed by atoms with E-state index in [9.17, 15) is 0 Å². The maximum atomic E-state index is 5.14. The summed E-state index contributed by atoms with van der Waals surface area (Å²) in [5.74, 6) is 2.52. The molecule has 0 radical (unpaired) electrons. The van der Waals surface area contributed by atoms with Gasteiger partial charge in [-0.25, -0.2) is 0 Å². The SMILES string of the molecule is C#CCC[Si](OC)(OC)OC. The van der Waals surface area contributed by atoms with Gasteiger partial charge in [-0.2, -0.15) is 0 Å². The second-order valence-electron chi connectivity index (χ2n) is 2.00. The average molecular weight is 174 g/mol. The maximum Gasteiger partial charge on any atom is 0.501 e. The summed E-state index contributed by atoms with van der Waals surface area (Å²) in [5.41, 5.74) is 0. The monoisotopic (exact) mass is 174 g/mol.